The van der Waals surface area contributed by atoms with Crippen molar-refractivity contribution in [3.63, 3.8) is 0 Å². The van der Waals surface area contributed by atoms with Gasteiger partial charge in [0.25, 0.3) is 5.88 Å². The first-order valence-corrected chi connectivity index (χ1v) is 10.00. The molecule has 2 aromatic heterocycles. The molecule has 0 aliphatic carbocycles. The molecule has 7 nitrogen and oxygen atoms in total. The molecule has 142 valence electrons. The van der Waals surface area contributed by atoms with E-state index in [0.29, 0.717) is 24.2 Å². The average molecular weight is 403 g/mol. The number of hydrogen-bond acceptors (Lipinski definition) is 5. The van der Waals surface area contributed by atoms with Crippen LogP contribution in [0, 0.1) is 19.7 Å². The molecule has 0 spiro atoms. The molecule has 3 rings (SSSR count). The summed E-state index contributed by atoms with van der Waals surface area (Å²) in [6.45, 7) is 3.99. The molecule has 0 unspecified atom stereocenters. The fraction of sp³-hybridized carbons (Fsp3) is 0.500. The molecule has 0 aromatic carbocycles. The van der Waals surface area contributed by atoms with Crippen molar-refractivity contribution in [3.05, 3.63) is 34.5 Å². The normalized spacial score (nSPS) is 16.8. The molecule has 26 heavy (non-hydrogen) atoms. The minimum Gasteiger partial charge on any atom is -0.472 e. The van der Waals surface area contributed by atoms with Crippen LogP contribution in [0.5, 0.6) is 5.88 Å². The van der Waals surface area contributed by atoms with Gasteiger partial charge in [0, 0.05) is 26.3 Å². The Morgan fingerprint density at radius 3 is 2.50 bits per heavy atom. The number of sulfonamides is 1. The number of aromatic nitrogens is 3. The minimum absolute atomic E-state index is 0.116. The molecule has 0 N–H and O–H groups in total. The van der Waals surface area contributed by atoms with Crippen molar-refractivity contribution in [2.75, 3.05) is 13.1 Å². The van der Waals surface area contributed by atoms with Crippen LogP contribution in [-0.2, 0) is 17.1 Å². The predicted octanol–water partition coefficient (Wildman–Crippen LogP) is 2.46. The van der Waals surface area contributed by atoms with E-state index < -0.39 is 15.8 Å². The van der Waals surface area contributed by atoms with E-state index in [0.717, 1.165) is 6.07 Å². The quantitative estimate of drug-likeness (QED) is 0.785. The third-order valence-electron chi connectivity index (χ3n) is 4.49. The Labute approximate surface area is 156 Å². The summed E-state index contributed by atoms with van der Waals surface area (Å²) in [5.74, 6) is -0.746. The van der Waals surface area contributed by atoms with Gasteiger partial charge in [-0.1, -0.05) is 11.6 Å². The summed E-state index contributed by atoms with van der Waals surface area (Å²) >= 11 is 5.68. The summed E-state index contributed by atoms with van der Waals surface area (Å²) < 4.78 is 48.2. The van der Waals surface area contributed by atoms with Crippen LogP contribution in [0.4, 0.5) is 4.39 Å². The summed E-state index contributed by atoms with van der Waals surface area (Å²) in [5, 5.41) is 4.38. The van der Waals surface area contributed by atoms with Crippen LogP contribution in [0.25, 0.3) is 0 Å². The van der Waals surface area contributed by atoms with Gasteiger partial charge in [-0.15, -0.1) is 0 Å². The largest absolute Gasteiger partial charge is 0.472 e. The summed E-state index contributed by atoms with van der Waals surface area (Å²) in [5.41, 5.74) is 1.09. The van der Waals surface area contributed by atoms with Gasteiger partial charge in [-0.25, -0.2) is 17.8 Å². The van der Waals surface area contributed by atoms with Crippen LogP contribution >= 0.6 is 11.6 Å². The van der Waals surface area contributed by atoms with Gasteiger partial charge < -0.3 is 4.74 Å². The van der Waals surface area contributed by atoms with Gasteiger partial charge in [0.2, 0.25) is 10.0 Å². The average Bonchev–Trinajstić information content (AvgIpc) is 2.83. The van der Waals surface area contributed by atoms with Gasteiger partial charge in [0.1, 0.15) is 11.0 Å². The molecule has 0 amide bonds. The highest BCUT2D eigenvalue weighted by Crippen LogP contribution is 2.27. The number of piperidine rings is 1. The minimum atomic E-state index is -3.63. The van der Waals surface area contributed by atoms with E-state index >= 15 is 0 Å². The SMILES string of the molecule is Cc1nn(C)c(C)c1S(=O)(=O)N1CCC(Oc2ncc(Cl)cc2F)CC1. The van der Waals surface area contributed by atoms with Crippen LogP contribution < -0.4 is 4.74 Å². The molecule has 0 bridgehead atoms. The monoisotopic (exact) mass is 402 g/mol. The van der Waals surface area contributed by atoms with E-state index in [2.05, 4.69) is 10.1 Å². The lowest BCUT2D eigenvalue weighted by molar-refractivity contribution is 0.124. The third kappa shape index (κ3) is 3.56. The first-order valence-electron chi connectivity index (χ1n) is 8.18. The summed E-state index contributed by atoms with van der Waals surface area (Å²) in [6.07, 6.45) is 1.90. The Morgan fingerprint density at radius 1 is 1.31 bits per heavy atom. The van der Waals surface area contributed by atoms with Crippen molar-refractivity contribution in [2.45, 2.75) is 37.7 Å². The molecule has 0 saturated carbocycles. The number of rotatable bonds is 4. The van der Waals surface area contributed by atoms with Crippen LogP contribution in [0.3, 0.4) is 0 Å². The maximum absolute atomic E-state index is 13.8. The molecule has 0 atom stereocenters. The van der Waals surface area contributed by atoms with Crippen molar-refractivity contribution in [1.82, 2.24) is 19.1 Å². The van der Waals surface area contributed by atoms with E-state index in [1.54, 1.807) is 25.6 Å². The van der Waals surface area contributed by atoms with E-state index in [4.69, 9.17) is 16.3 Å². The number of halogens is 2. The molecule has 3 heterocycles. The Balaban J connectivity index is 1.70. The zero-order valence-electron chi connectivity index (χ0n) is 14.7. The second kappa shape index (κ2) is 7.13. The molecule has 0 radical (unpaired) electrons. The molecule has 1 fully saturated rings. The van der Waals surface area contributed by atoms with Crippen molar-refractivity contribution >= 4 is 21.6 Å². The van der Waals surface area contributed by atoms with Crippen molar-refractivity contribution < 1.29 is 17.5 Å². The lowest BCUT2D eigenvalue weighted by Crippen LogP contribution is -2.42. The van der Waals surface area contributed by atoms with E-state index in [1.165, 1.54) is 10.5 Å². The first kappa shape index (κ1) is 19.1. The van der Waals surface area contributed by atoms with Crippen LogP contribution in [0.2, 0.25) is 5.02 Å². The zero-order valence-corrected chi connectivity index (χ0v) is 16.3. The lowest BCUT2D eigenvalue weighted by atomic mass is 10.1. The van der Waals surface area contributed by atoms with Crippen LogP contribution in [0.15, 0.2) is 17.2 Å². The summed E-state index contributed by atoms with van der Waals surface area (Å²) in [4.78, 5) is 4.10. The Bertz CT molecular complexity index is 924. The predicted molar refractivity (Wildman–Crippen MR) is 94.3 cm³/mol. The van der Waals surface area contributed by atoms with Crippen LogP contribution in [0.1, 0.15) is 24.2 Å². The molecular formula is C16H20ClFN4O3S. The van der Waals surface area contributed by atoms with Crippen molar-refractivity contribution in [3.8, 4) is 5.88 Å². The standard InChI is InChI=1S/C16H20ClFN4O3S/c1-10-15(11(2)21(3)20-10)26(23,24)22-6-4-13(5-7-22)25-16-14(18)8-12(17)9-19-16/h8-9,13H,4-7H2,1-3H3. The Hall–Kier alpha value is -1.71. The molecule has 1 saturated heterocycles. The highest BCUT2D eigenvalue weighted by Gasteiger charge is 2.34. The topological polar surface area (TPSA) is 77.3 Å². The maximum atomic E-state index is 13.8. The fourth-order valence-corrected chi connectivity index (χ4v) is 5.11. The highest BCUT2D eigenvalue weighted by molar-refractivity contribution is 7.89. The molecule has 1 aliphatic rings. The number of ether oxygens (including phenoxy) is 1. The highest BCUT2D eigenvalue weighted by atomic mass is 35.5. The smallest absolute Gasteiger partial charge is 0.250 e. The third-order valence-corrected chi connectivity index (χ3v) is 6.85. The number of pyridine rings is 1. The number of nitrogens with zero attached hydrogens (tertiary/aromatic N) is 4. The summed E-state index contributed by atoms with van der Waals surface area (Å²) in [6, 6.07) is 1.14. The van der Waals surface area contributed by atoms with Gasteiger partial charge in [-0.3, -0.25) is 4.68 Å². The van der Waals surface area contributed by atoms with Crippen molar-refractivity contribution in [2.24, 2.45) is 7.05 Å². The van der Waals surface area contributed by atoms with Gasteiger partial charge >= 0.3 is 0 Å². The lowest BCUT2D eigenvalue weighted by Gasteiger charge is -2.31. The molecule has 2 aromatic rings. The van der Waals surface area contributed by atoms with Gasteiger partial charge in [-0.05, 0) is 32.8 Å². The first-order chi connectivity index (χ1) is 12.2. The number of aryl methyl sites for hydroxylation is 2. The fourth-order valence-electron chi connectivity index (χ4n) is 3.09. The van der Waals surface area contributed by atoms with Gasteiger partial charge in [0.15, 0.2) is 5.82 Å². The molecule has 10 heteroatoms. The number of hydrogen-bond donors (Lipinski definition) is 0. The summed E-state index contributed by atoms with van der Waals surface area (Å²) in [7, 11) is -1.91. The van der Waals surface area contributed by atoms with E-state index in [-0.39, 0.29) is 35.0 Å². The van der Waals surface area contributed by atoms with Gasteiger partial charge in [-0.2, -0.15) is 9.40 Å². The second-order valence-electron chi connectivity index (χ2n) is 6.29. The molecular weight excluding hydrogens is 383 g/mol. The Morgan fingerprint density at radius 2 is 1.96 bits per heavy atom. The Kier molecular flexibility index (Phi) is 5.23. The van der Waals surface area contributed by atoms with Crippen LogP contribution in [-0.4, -0.2) is 46.7 Å². The molecule has 1 aliphatic heterocycles. The second-order valence-corrected chi connectivity index (χ2v) is 8.60. The zero-order chi connectivity index (χ0) is 19.1. The van der Waals surface area contributed by atoms with E-state index in [9.17, 15) is 12.8 Å². The van der Waals surface area contributed by atoms with Crippen molar-refractivity contribution in [1.29, 1.82) is 0 Å². The van der Waals surface area contributed by atoms with E-state index in [1.807, 2.05) is 0 Å². The maximum Gasteiger partial charge on any atom is 0.250 e. The van der Waals surface area contributed by atoms with Gasteiger partial charge in [0.05, 0.1) is 16.4 Å².